The van der Waals surface area contributed by atoms with Crippen LogP contribution in [0.5, 0.6) is 5.75 Å². The number of fused-ring (bicyclic) bond motifs is 6. The number of ether oxygens (including phenoxy) is 1. The first-order chi connectivity index (χ1) is 24.1. The van der Waals surface area contributed by atoms with Crippen molar-refractivity contribution in [3.05, 3.63) is 78.0 Å². The smallest absolute Gasteiger partial charge is 0.227 e. The highest BCUT2D eigenvalue weighted by molar-refractivity contribution is 6.07. The second kappa shape index (κ2) is 14.9. The van der Waals surface area contributed by atoms with Crippen LogP contribution >= 0.6 is 0 Å². The molecule has 0 aliphatic carbocycles. The molecule has 0 saturated heterocycles. The first-order valence-electron chi connectivity index (χ1n) is 18.1. The summed E-state index contributed by atoms with van der Waals surface area (Å²) >= 11 is 0. The monoisotopic (exact) mass is 674 g/mol. The lowest BCUT2D eigenvalue weighted by atomic mass is 9.92. The molecular formula is C41H50N6O3. The Morgan fingerprint density at radius 1 is 0.900 bits per heavy atom. The van der Waals surface area contributed by atoms with Crippen molar-refractivity contribution in [3.63, 3.8) is 0 Å². The van der Waals surface area contributed by atoms with Gasteiger partial charge in [0.1, 0.15) is 24.0 Å². The molecule has 1 aliphatic rings. The Labute approximate surface area is 295 Å². The molecule has 0 radical (unpaired) electrons. The molecule has 9 heteroatoms. The molecule has 3 heterocycles. The number of H-pyrrole nitrogens is 2. The predicted octanol–water partition coefficient (Wildman–Crippen LogP) is 9.08. The number of amides is 2. The maximum atomic E-state index is 13.1. The van der Waals surface area contributed by atoms with E-state index in [0.717, 1.165) is 98.4 Å². The van der Waals surface area contributed by atoms with E-state index >= 15 is 0 Å². The van der Waals surface area contributed by atoms with Gasteiger partial charge in [0.25, 0.3) is 0 Å². The number of hydrogen-bond acceptors (Lipinski definition) is 5. The molecule has 5 aromatic rings. The van der Waals surface area contributed by atoms with Gasteiger partial charge in [-0.1, -0.05) is 58.0 Å². The molecule has 262 valence electrons. The molecule has 2 N–H and O–H groups in total. The van der Waals surface area contributed by atoms with Gasteiger partial charge in [-0.15, -0.1) is 0 Å². The minimum Gasteiger partial charge on any atom is -0.488 e. The van der Waals surface area contributed by atoms with Crippen molar-refractivity contribution in [2.24, 2.45) is 0 Å². The summed E-state index contributed by atoms with van der Waals surface area (Å²) in [7, 11) is 0. The lowest BCUT2D eigenvalue weighted by Gasteiger charge is -2.28. The fraction of sp³-hybridized carbons (Fsp3) is 0.415. The fourth-order valence-electron chi connectivity index (χ4n) is 6.71. The maximum Gasteiger partial charge on any atom is 0.227 e. The van der Waals surface area contributed by atoms with Gasteiger partial charge in [0.2, 0.25) is 11.8 Å². The number of rotatable bonds is 14. The van der Waals surface area contributed by atoms with E-state index in [0.29, 0.717) is 32.5 Å². The number of aromatic nitrogens is 4. The number of carbonyl (C=O) groups excluding carboxylic acids is 2. The molecule has 0 unspecified atom stereocenters. The Bertz CT molecular complexity index is 2040. The van der Waals surface area contributed by atoms with E-state index in [-0.39, 0.29) is 23.9 Å². The maximum absolute atomic E-state index is 13.1. The highest BCUT2D eigenvalue weighted by Gasteiger charge is 2.24. The van der Waals surface area contributed by atoms with Crippen LogP contribution in [0.15, 0.2) is 60.8 Å². The summed E-state index contributed by atoms with van der Waals surface area (Å²) in [5.41, 5.74) is 7.99. The average Bonchev–Trinajstić information content (AvgIpc) is 3.78. The summed E-state index contributed by atoms with van der Waals surface area (Å²) in [6.07, 6.45) is 6.13. The van der Waals surface area contributed by atoms with Crippen LogP contribution in [0, 0.1) is 0 Å². The number of hydrogen-bond donors (Lipinski definition) is 2. The van der Waals surface area contributed by atoms with Gasteiger partial charge in [-0.25, -0.2) is 9.97 Å². The number of aromatic amines is 2. The van der Waals surface area contributed by atoms with Gasteiger partial charge < -0.3 is 24.5 Å². The van der Waals surface area contributed by atoms with Gasteiger partial charge in [-0.2, -0.15) is 0 Å². The molecule has 1 aliphatic heterocycles. The van der Waals surface area contributed by atoms with E-state index in [1.54, 1.807) is 0 Å². The van der Waals surface area contributed by atoms with E-state index in [2.05, 4.69) is 91.7 Å². The molecule has 2 atom stereocenters. The van der Waals surface area contributed by atoms with Crippen molar-refractivity contribution in [3.8, 4) is 28.1 Å². The molecule has 0 saturated carbocycles. The van der Waals surface area contributed by atoms with Gasteiger partial charge >= 0.3 is 0 Å². The minimum atomic E-state index is 0.0851. The third kappa shape index (κ3) is 7.04. The molecule has 6 rings (SSSR count). The van der Waals surface area contributed by atoms with E-state index in [1.165, 1.54) is 0 Å². The lowest BCUT2D eigenvalue weighted by molar-refractivity contribution is -0.134. The second-order valence-corrected chi connectivity index (χ2v) is 13.7. The Morgan fingerprint density at radius 3 is 2.36 bits per heavy atom. The zero-order valence-corrected chi connectivity index (χ0v) is 30.4. The van der Waals surface area contributed by atoms with Crippen molar-refractivity contribution in [2.75, 3.05) is 0 Å². The van der Waals surface area contributed by atoms with Crippen molar-refractivity contribution < 1.29 is 14.3 Å². The highest BCUT2D eigenvalue weighted by atomic mass is 16.5. The Kier molecular flexibility index (Phi) is 10.4. The molecule has 0 fully saturated rings. The minimum absolute atomic E-state index is 0.0851. The molecule has 2 aromatic heterocycles. The third-order valence-electron chi connectivity index (χ3n) is 10.2. The number of nitrogens with one attached hydrogen (secondary N) is 2. The van der Waals surface area contributed by atoms with Crippen LogP contribution in [-0.4, -0.2) is 53.6 Å². The molecular weight excluding hydrogens is 624 g/mol. The van der Waals surface area contributed by atoms with Crippen LogP contribution < -0.4 is 4.74 Å². The Balaban J connectivity index is 1.25. The summed E-state index contributed by atoms with van der Waals surface area (Å²) in [5.74, 6) is 2.63. The fourth-order valence-corrected chi connectivity index (χ4v) is 6.71. The number of imidazole rings is 2. The molecule has 0 bridgehead atoms. The van der Waals surface area contributed by atoms with Gasteiger partial charge in [-0.3, -0.25) is 9.59 Å². The third-order valence-corrected chi connectivity index (χ3v) is 10.2. The van der Waals surface area contributed by atoms with Crippen LogP contribution in [-0.2, 0) is 29.3 Å². The number of carbonyl (C=O) groups is 2. The van der Waals surface area contributed by atoms with Crippen LogP contribution in [0.25, 0.3) is 44.2 Å². The quantitative estimate of drug-likeness (QED) is 0.114. The van der Waals surface area contributed by atoms with Crippen molar-refractivity contribution in [2.45, 2.75) is 112 Å². The van der Waals surface area contributed by atoms with E-state index in [1.807, 2.05) is 29.8 Å². The van der Waals surface area contributed by atoms with Gasteiger partial charge in [0.05, 0.1) is 36.0 Å². The zero-order valence-electron chi connectivity index (χ0n) is 30.4. The zero-order chi connectivity index (χ0) is 35.5. The standard InChI is InChI=1S/C41H50N6O3/c1-8-12-39(48)46(26(6)10-3)23-38-43-34-16-14-28-19-33-31-15-13-29(18-30(31)24-50-36(33)20-32(28)41(34)45-38)35-21-42-37(44-35)22-47(27(7)11-4)40(49)17-25(5)9-2/h13-16,18-21,26-27H,5,8-12,17,22-24H2,1-4,6-7H3,(H,42,44)(H,43,45)/t26-,27-/m0/s1. The summed E-state index contributed by atoms with van der Waals surface area (Å²) in [4.78, 5) is 46.5. The molecule has 9 nitrogen and oxygen atoms in total. The largest absolute Gasteiger partial charge is 0.488 e. The first kappa shape index (κ1) is 34.9. The van der Waals surface area contributed by atoms with Crippen LogP contribution in [0.2, 0.25) is 0 Å². The van der Waals surface area contributed by atoms with Crippen LogP contribution in [0.4, 0.5) is 0 Å². The molecule has 2 amide bonds. The topological polar surface area (TPSA) is 107 Å². The summed E-state index contributed by atoms with van der Waals surface area (Å²) in [5, 5.41) is 2.10. The summed E-state index contributed by atoms with van der Waals surface area (Å²) < 4.78 is 6.37. The van der Waals surface area contributed by atoms with E-state index in [9.17, 15) is 9.59 Å². The van der Waals surface area contributed by atoms with Crippen LogP contribution in [0.1, 0.15) is 97.3 Å². The number of nitrogens with zero attached hydrogens (tertiary/aromatic N) is 4. The average molecular weight is 675 g/mol. The molecule has 3 aromatic carbocycles. The normalized spacial score (nSPS) is 13.4. The van der Waals surface area contributed by atoms with Crippen LogP contribution in [0.3, 0.4) is 0 Å². The van der Waals surface area contributed by atoms with E-state index in [4.69, 9.17) is 9.72 Å². The second-order valence-electron chi connectivity index (χ2n) is 13.7. The summed E-state index contributed by atoms with van der Waals surface area (Å²) in [6.45, 7) is 17.8. The SMILES string of the molecule is C=C(CC)CC(=O)N(Cc1ncc(-c2ccc3c(c2)COc2cc4c(ccc5[nH]c(CN(C(=O)CCC)[C@@H](C)CC)nc54)cc2-3)[nH]1)[C@@H](C)CC. The Hall–Kier alpha value is -4.92. The van der Waals surface area contributed by atoms with E-state index < -0.39 is 0 Å². The highest BCUT2D eigenvalue weighted by Crippen LogP contribution is 2.42. The number of benzene rings is 3. The first-order valence-corrected chi connectivity index (χ1v) is 18.1. The van der Waals surface area contributed by atoms with Gasteiger partial charge in [0, 0.05) is 35.9 Å². The van der Waals surface area contributed by atoms with Crippen molar-refractivity contribution in [1.82, 2.24) is 29.7 Å². The summed E-state index contributed by atoms with van der Waals surface area (Å²) in [6, 6.07) is 15.2. The van der Waals surface area contributed by atoms with Gasteiger partial charge in [0.15, 0.2) is 0 Å². The lowest BCUT2D eigenvalue weighted by Crippen LogP contribution is -2.38. The molecule has 50 heavy (non-hydrogen) atoms. The Morgan fingerprint density at radius 2 is 1.64 bits per heavy atom. The van der Waals surface area contributed by atoms with Crippen molar-refractivity contribution >= 4 is 33.6 Å². The molecule has 0 spiro atoms. The van der Waals surface area contributed by atoms with Gasteiger partial charge in [-0.05, 0) is 85.9 Å². The van der Waals surface area contributed by atoms with Crippen molar-refractivity contribution in [1.29, 1.82) is 0 Å². The predicted molar refractivity (Wildman–Crippen MR) is 201 cm³/mol.